The van der Waals surface area contributed by atoms with Crippen molar-refractivity contribution in [1.29, 1.82) is 0 Å². The van der Waals surface area contributed by atoms with E-state index in [0.29, 0.717) is 33.5 Å². The van der Waals surface area contributed by atoms with Crippen molar-refractivity contribution in [2.75, 3.05) is 37.3 Å². The average molecular weight is 681 g/mol. The minimum Gasteiger partial charge on any atom is -0.327 e. The zero-order chi connectivity index (χ0) is 34.0. The summed E-state index contributed by atoms with van der Waals surface area (Å²) in [6.07, 6.45) is 8.67. The molecule has 10 nitrogen and oxygen atoms in total. The second-order valence-electron chi connectivity index (χ2n) is 14.9. The van der Waals surface area contributed by atoms with E-state index in [1.165, 1.54) is 32.1 Å². The Morgan fingerprint density at radius 3 is 2.08 bits per heavy atom. The van der Waals surface area contributed by atoms with E-state index < -0.39 is 0 Å². The fourth-order valence-electron chi connectivity index (χ4n) is 9.05. The maximum atomic E-state index is 13.7. The Balaban J connectivity index is 0.988. The first kappa shape index (κ1) is 32.2. The number of carbonyl (C=O) groups excluding carboxylic acids is 2. The quantitative estimate of drug-likeness (QED) is 0.241. The van der Waals surface area contributed by atoms with E-state index in [1.807, 2.05) is 60.5 Å². The van der Waals surface area contributed by atoms with Gasteiger partial charge in [0.25, 0.3) is 11.8 Å². The minimum atomic E-state index is -0.303. The molecule has 0 unspecified atom stereocenters. The lowest BCUT2D eigenvalue weighted by molar-refractivity contribution is 0.100. The Labute approximate surface area is 292 Å². The number of amides is 2. The molecule has 8 rings (SSSR count). The van der Waals surface area contributed by atoms with Gasteiger partial charge in [-0.2, -0.15) is 0 Å². The van der Waals surface area contributed by atoms with Crippen molar-refractivity contribution in [1.82, 2.24) is 28.9 Å². The fourth-order valence-corrected chi connectivity index (χ4v) is 9.32. The number of hydrogen-bond acceptors (Lipinski definition) is 6. The number of carbonyl (C=O) groups is 2. The van der Waals surface area contributed by atoms with Gasteiger partial charge in [-0.25, -0.2) is 9.97 Å². The largest absolute Gasteiger partial charge is 0.327 e. The van der Waals surface area contributed by atoms with Gasteiger partial charge >= 0.3 is 0 Å². The summed E-state index contributed by atoms with van der Waals surface area (Å²) in [5.74, 6) is 1.21. The van der Waals surface area contributed by atoms with E-state index in [9.17, 15) is 9.59 Å². The van der Waals surface area contributed by atoms with Crippen LogP contribution in [0.3, 0.4) is 0 Å². The van der Waals surface area contributed by atoms with Crippen LogP contribution in [0.5, 0.6) is 0 Å². The van der Waals surface area contributed by atoms with Crippen LogP contribution in [0.25, 0.3) is 11.1 Å². The van der Waals surface area contributed by atoms with Gasteiger partial charge in [0, 0.05) is 82.3 Å². The van der Waals surface area contributed by atoms with E-state index in [-0.39, 0.29) is 11.8 Å². The molecule has 2 saturated carbocycles. The number of benzene rings is 2. The van der Waals surface area contributed by atoms with Crippen LogP contribution < -0.4 is 10.6 Å². The third-order valence-electron chi connectivity index (χ3n) is 11.8. The lowest BCUT2D eigenvalue weighted by Gasteiger charge is -2.35. The highest BCUT2D eigenvalue weighted by Gasteiger charge is 2.46. The molecule has 256 valence electrons. The molecule has 0 radical (unpaired) electrons. The summed E-state index contributed by atoms with van der Waals surface area (Å²) in [5.41, 5.74) is 8.41. The summed E-state index contributed by atoms with van der Waals surface area (Å²) in [7, 11) is 5.90. The first-order chi connectivity index (χ1) is 23.6. The molecule has 2 aromatic carbocycles. The number of rotatable bonds is 7. The smallest absolute Gasteiger partial charge is 0.291 e. The Hall–Kier alpha value is -3.99. The maximum Gasteiger partial charge on any atom is 0.291 e. The first-order valence-corrected chi connectivity index (χ1v) is 18.0. The van der Waals surface area contributed by atoms with E-state index in [1.54, 1.807) is 6.07 Å². The first-order valence-electron chi connectivity index (χ1n) is 17.6. The van der Waals surface area contributed by atoms with Gasteiger partial charge in [0.2, 0.25) is 0 Å². The molecule has 0 atom stereocenters. The van der Waals surface area contributed by atoms with Crippen LogP contribution in [0, 0.1) is 18.3 Å². The van der Waals surface area contributed by atoms with Crippen LogP contribution >= 0.6 is 11.6 Å². The summed E-state index contributed by atoms with van der Waals surface area (Å²) in [6.45, 7) is 6.61. The molecule has 2 aliphatic heterocycles. The maximum absolute atomic E-state index is 13.7. The Kier molecular flexibility index (Phi) is 8.16. The van der Waals surface area contributed by atoms with Gasteiger partial charge in [-0.1, -0.05) is 35.9 Å². The number of anilines is 2. The molecule has 11 heteroatoms. The van der Waals surface area contributed by atoms with Crippen LogP contribution in [-0.2, 0) is 40.0 Å². The normalized spacial score (nSPS) is 21.9. The Morgan fingerprint density at radius 2 is 1.43 bits per heavy atom. The van der Waals surface area contributed by atoms with Crippen molar-refractivity contribution in [2.45, 2.75) is 65.0 Å². The van der Waals surface area contributed by atoms with Gasteiger partial charge in [-0.3, -0.25) is 14.5 Å². The number of nitrogens with one attached hydrogen (secondary N) is 2. The fraction of sp³-hybridized carbons (Fsp3) is 0.474. The van der Waals surface area contributed by atoms with Crippen molar-refractivity contribution in [3.8, 4) is 11.1 Å². The van der Waals surface area contributed by atoms with Gasteiger partial charge in [-0.05, 0) is 80.7 Å². The minimum absolute atomic E-state index is 0.229. The highest BCUT2D eigenvalue weighted by molar-refractivity contribution is 6.36. The van der Waals surface area contributed by atoms with Gasteiger partial charge in [-0.15, -0.1) is 0 Å². The van der Waals surface area contributed by atoms with Gasteiger partial charge in [0.15, 0.2) is 11.6 Å². The molecule has 4 heterocycles. The van der Waals surface area contributed by atoms with Crippen LogP contribution in [0.2, 0.25) is 5.02 Å². The molecule has 0 spiro atoms. The summed E-state index contributed by atoms with van der Waals surface area (Å²) >= 11 is 6.97. The van der Waals surface area contributed by atoms with Crippen LogP contribution in [-0.4, -0.2) is 67.4 Å². The highest BCUT2D eigenvalue weighted by Crippen LogP contribution is 2.54. The number of hydrogen-bond donors (Lipinski definition) is 2. The molecule has 49 heavy (non-hydrogen) atoms. The van der Waals surface area contributed by atoms with Crippen molar-refractivity contribution in [2.24, 2.45) is 25.4 Å². The Bertz CT molecular complexity index is 1970. The van der Waals surface area contributed by atoms with Crippen LogP contribution in [0.4, 0.5) is 11.4 Å². The predicted molar refractivity (Wildman–Crippen MR) is 192 cm³/mol. The van der Waals surface area contributed by atoms with E-state index in [0.717, 1.165) is 90.9 Å². The van der Waals surface area contributed by atoms with Gasteiger partial charge < -0.3 is 24.7 Å². The van der Waals surface area contributed by atoms with E-state index >= 15 is 0 Å². The van der Waals surface area contributed by atoms with Gasteiger partial charge in [0.05, 0.1) is 22.1 Å². The zero-order valence-electron chi connectivity index (χ0n) is 28.9. The summed E-state index contributed by atoms with van der Waals surface area (Å²) < 4.78 is 3.86. The van der Waals surface area contributed by atoms with Crippen LogP contribution in [0.15, 0.2) is 36.4 Å². The number of nitrogens with zero attached hydrogens (tertiary/aromatic N) is 6. The summed E-state index contributed by atoms with van der Waals surface area (Å²) in [5, 5.41) is 6.55. The van der Waals surface area contributed by atoms with E-state index in [4.69, 9.17) is 16.6 Å². The second kappa shape index (κ2) is 12.4. The topological polar surface area (TPSA) is 100 Å². The number of likely N-dealkylation sites (N-methyl/N-ethyl adjacent to an activating group) is 1. The summed E-state index contributed by atoms with van der Waals surface area (Å²) in [6, 6.07) is 11.4. The lowest BCUT2D eigenvalue weighted by Crippen LogP contribution is -2.39. The monoisotopic (exact) mass is 680 g/mol. The average Bonchev–Trinajstić information content (AvgIpc) is 3.85. The molecular formula is C38H45ClN8O2. The molecule has 4 aliphatic rings. The SMILES string of the molecule is Cc1c(NC(=O)c2nc3c(n2C)CCN(CC24CCC(CC2)C4)C3)cccc1-c1cccc(NC(=O)c2nc3c(n2C)CCN(C)C3)c1Cl. The molecule has 2 aliphatic carbocycles. The van der Waals surface area contributed by atoms with Crippen molar-refractivity contribution >= 4 is 34.8 Å². The number of halogens is 1. The number of fused-ring (bicyclic) bond motifs is 4. The Morgan fingerprint density at radius 1 is 0.837 bits per heavy atom. The molecule has 2 amide bonds. The number of imidazole rings is 2. The zero-order valence-corrected chi connectivity index (χ0v) is 29.7. The number of aromatic nitrogens is 4. The lowest BCUT2D eigenvalue weighted by atomic mass is 9.83. The van der Waals surface area contributed by atoms with Gasteiger partial charge in [0.1, 0.15) is 0 Å². The molecule has 2 aromatic heterocycles. The standard InChI is InChI=1S/C38H45ClN8O2/c1-23-25(26-8-6-10-28(33(26)39)43-37(49)35-40-29-20-44(2)17-13-31(29)45(35)3)7-5-9-27(23)42-36(48)34-41-30-21-47(18-14-32(30)46(34)4)22-38-15-11-24(19-38)12-16-38/h5-10,24H,11-22H2,1-4H3,(H,42,48)(H,43,49). The molecule has 2 fully saturated rings. The molecule has 2 N–H and O–H groups in total. The molecule has 4 aromatic rings. The van der Waals surface area contributed by atoms with Crippen molar-refractivity contribution in [3.05, 3.63) is 81.4 Å². The molecule has 2 bridgehead atoms. The highest BCUT2D eigenvalue weighted by atomic mass is 35.5. The van der Waals surface area contributed by atoms with E-state index in [2.05, 4.69) is 32.5 Å². The summed E-state index contributed by atoms with van der Waals surface area (Å²) in [4.78, 5) is 41.5. The van der Waals surface area contributed by atoms with Crippen molar-refractivity contribution in [3.63, 3.8) is 0 Å². The molecular weight excluding hydrogens is 636 g/mol. The molecule has 0 saturated heterocycles. The van der Waals surface area contributed by atoms with Crippen molar-refractivity contribution < 1.29 is 9.59 Å². The second-order valence-corrected chi connectivity index (χ2v) is 15.3. The van der Waals surface area contributed by atoms with Crippen LogP contribution in [0.1, 0.15) is 81.7 Å². The predicted octanol–water partition coefficient (Wildman–Crippen LogP) is 6.21. The third-order valence-corrected chi connectivity index (χ3v) is 12.2. The third kappa shape index (κ3) is 5.77.